The van der Waals surface area contributed by atoms with Gasteiger partial charge in [-0.15, -0.1) is 0 Å². The van der Waals surface area contributed by atoms with Crippen LogP contribution in [0.25, 0.3) is 0 Å². The van der Waals surface area contributed by atoms with Crippen molar-refractivity contribution in [3.05, 3.63) is 12.2 Å². The van der Waals surface area contributed by atoms with E-state index < -0.39 is 10.8 Å². The Morgan fingerprint density at radius 1 is 1.17 bits per heavy atom. The van der Waals surface area contributed by atoms with Crippen molar-refractivity contribution in [3.63, 3.8) is 0 Å². The van der Waals surface area contributed by atoms with Gasteiger partial charge in [0.25, 0.3) is 0 Å². The Labute approximate surface area is 108 Å². The highest BCUT2D eigenvalue weighted by molar-refractivity contribution is 6.03. The van der Waals surface area contributed by atoms with Gasteiger partial charge in [-0.3, -0.25) is 9.59 Å². The average molecular weight is 248 g/mol. The number of carbonyl (C=O) groups excluding carboxylic acids is 2. The summed E-state index contributed by atoms with van der Waals surface area (Å²) in [6.45, 7) is 1.93. The zero-order chi connectivity index (χ0) is 12.8. The van der Waals surface area contributed by atoms with Gasteiger partial charge in [-0.25, -0.2) is 0 Å². The van der Waals surface area contributed by atoms with Crippen LogP contribution in [0.5, 0.6) is 0 Å². The van der Waals surface area contributed by atoms with Crippen LogP contribution < -0.4 is 0 Å². The highest BCUT2D eigenvalue weighted by Crippen LogP contribution is 2.60. The topological polar surface area (TPSA) is 43.4 Å². The molecule has 3 rings (SSSR count). The molecule has 0 radical (unpaired) electrons. The summed E-state index contributed by atoms with van der Waals surface area (Å²) in [5, 5.41) is 0. The Hall–Kier alpha value is -1.12. The van der Waals surface area contributed by atoms with E-state index in [0.29, 0.717) is 0 Å². The number of esters is 2. The van der Waals surface area contributed by atoms with Gasteiger partial charge in [-0.2, -0.15) is 0 Å². The number of allylic oxidation sites excluding steroid dienone is 1. The fraction of sp³-hybridized carbons (Fsp3) is 0.733. The van der Waals surface area contributed by atoms with Gasteiger partial charge < -0.3 is 4.74 Å². The molecule has 3 heteroatoms. The Morgan fingerprint density at radius 2 is 1.89 bits per heavy atom. The third-order valence-corrected chi connectivity index (χ3v) is 5.33. The molecule has 0 spiro atoms. The summed E-state index contributed by atoms with van der Waals surface area (Å²) in [5.41, 5.74) is -1.29. The molecule has 2 unspecified atom stereocenters. The second-order valence-electron chi connectivity index (χ2n) is 6.15. The van der Waals surface area contributed by atoms with E-state index in [-0.39, 0.29) is 17.9 Å². The summed E-state index contributed by atoms with van der Waals surface area (Å²) in [5.74, 6) is -0.313. The summed E-state index contributed by atoms with van der Waals surface area (Å²) in [6, 6.07) is 0. The molecule has 2 aliphatic carbocycles. The van der Waals surface area contributed by atoms with Crippen molar-refractivity contribution in [1.29, 1.82) is 0 Å². The zero-order valence-electron chi connectivity index (χ0n) is 10.9. The van der Waals surface area contributed by atoms with Crippen molar-refractivity contribution >= 4 is 11.9 Å². The van der Waals surface area contributed by atoms with E-state index in [1.54, 1.807) is 0 Å². The molecule has 3 nitrogen and oxygen atoms in total. The highest BCUT2D eigenvalue weighted by atomic mass is 16.6. The van der Waals surface area contributed by atoms with Crippen molar-refractivity contribution in [2.45, 2.75) is 51.9 Å². The minimum Gasteiger partial charge on any atom is -0.392 e. The number of hydrogen-bond acceptors (Lipinski definition) is 3. The van der Waals surface area contributed by atoms with E-state index in [0.717, 1.165) is 38.5 Å². The predicted molar refractivity (Wildman–Crippen MR) is 66.6 cm³/mol. The van der Waals surface area contributed by atoms with Crippen molar-refractivity contribution in [2.24, 2.45) is 16.7 Å². The Morgan fingerprint density at radius 3 is 2.61 bits per heavy atom. The Bertz CT molecular complexity index is 419. The molecule has 0 amide bonds. The lowest BCUT2D eigenvalue weighted by atomic mass is 9.53. The van der Waals surface area contributed by atoms with Gasteiger partial charge in [-0.1, -0.05) is 31.4 Å². The second kappa shape index (κ2) is 3.94. The first-order valence-corrected chi connectivity index (χ1v) is 7.06. The van der Waals surface area contributed by atoms with Gasteiger partial charge in [0.1, 0.15) is 5.41 Å². The van der Waals surface area contributed by atoms with E-state index in [1.165, 1.54) is 6.42 Å². The normalized spacial score (nSPS) is 40.7. The lowest BCUT2D eigenvalue weighted by molar-refractivity contribution is -0.156. The van der Waals surface area contributed by atoms with Gasteiger partial charge in [0, 0.05) is 0 Å². The third kappa shape index (κ3) is 1.30. The quantitative estimate of drug-likeness (QED) is 0.407. The molecule has 0 N–H and O–H groups in total. The monoisotopic (exact) mass is 248 g/mol. The van der Waals surface area contributed by atoms with Crippen LogP contribution in [0.1, 0.15) is 51.9 Å². The first-order valence-electron chi connectivity index (χ1n) is 7.06. The molecule has 1 aliphatic heterocycles. The van der Waals surface area contributed by atoms with E-state index in [1.807, 2.05) is 13.0 Å². The molecule has 1 saturated carbocycles. The SMILES string of the molecule is CC12CCC=CC1(C1CCCCC1)C(=O)OC2=O. The fourth-order valence-corrected chi connectivity index (χ4v) is 4.19. The summed E-state index contributed by atoms with van der Waals surface area (Å²) in [7, 11) is 0. The van der Waals surface area contributed by atoms with Crippen LogP contribution in [0.4, 0.5) is 0 Å². The largest absolute Gasteiger partial charge is 0.392 e. The van der Waals surface area contributed by atoms with Gasteiger partial charge >= 0.3 is 11.9 Å². The number of fused-ring (bicyclic) bond motifs is 1. The van der Waals surface area contributed by atoms with E-state index >= 15 is 0 Å². The summed E-state index contributed by atoms with van der Waals surface area (Å²) in [4.78, 5) is 24.5. The molecule has 18 heavy (non-hydrogen) atoms. The maximum atomic E-state index is 12.4. The number of ether oxygens (including phenoxy) is 1. The van der Waals surface area contributed by atoms with Crippen LogP contribution >= 0.6 is 0 Å². The fourth-order valence-electron chi connectivity index (χ4n) is 4.19. The lowest BCUT2D eigenvalue weighted by Crippen LogP contribution is -2.48. The van der Waals surface area contributed by atoms with Crippen LogP contribution in [0.15, 0.2) is 12.2 Å². The van der Waals surface area contributed by atoms with Crippen LogP contribution in [0.3, 0.4) is 0 Å². The number of rotatable bonds is 1. The molecule has 0 bridgehead atoms. The van der Waals surface area contributed by atoms with E-state index in [2.05, 4.69) is 6.08 Å². The van der Waals surface area contributed by atoms with Gasteiger partial charge in [-0.05, 0) is 38.5 Å². The van der Waals surface area contributed by atoms with Gasteiger partial charge in [0.15, 0.2) is 0 Å². The number of cyclic esters (lactones) is 2. The standard InChI is InChI=1S/C15H20O3/c1-14-9-5-6-10-15(14,13(17)18-12(14)16)11-7-3-2-4-8-11/h6,10-11H,2-5,7-9H2,1H3. The van der Waals surface area contributed by atoms with Gasteiger partial charge in [0.2, 0.25) is 0 Å². The molecule has 0 aromatic carbocycles. The van der Waals surface area contributed by atoms with Crippen molar-refractivity contribution in [3.8, 4) is 0 Å². The molecule has 2 fully saturated rings. The first kappa shape index (κ1) is 11.9. The second-order valence-corrected chi connectivity index (χ2v) is 6.15. The molecule has 2 atom stereocenters. The maximum Gasteiger partial charge on any atom is 0.325 e. The molecule has 98 valence electrons. The molecule has 1 heterocycles. The molecule has 0 aromatic rings. The molecular formula is C15H20O3. The lowest BCUT2D eigenvalue weighted by Gasteiger charge is -2.44. The molecular weight excluding hydrogens is 228 g/mol. The Balaban J connectivity index is 2.08. The van der Waals surface area contributed by atoms with Crippen molar-refractivity contribution in [2.75, 3.05) is 0 Å². The molecule has 3 aliphatic rings. The summed E-state index contributed by atoms with van der Waals surface area (Å²) in [6.07, 6.45) is 11.3. The van der Waals surface area contributed by atoms with Crippen LogP contribution in [0.2, 0.25) is 0 Å². The predicted octanol–water partition coefficient (Wildman–Crippen LogP) is 2.99. The van der Waals surface area contributed by atoms with Crippen molar-refractivity contribution in [1.82, 2.24) is 0 Å². The minimum atomic E-state index is -0.664. The van der Waals surface area contributed by atoms with Crippen LogP contribution in [0, 0.1) is 16.7 Å². The first-order chi connectivity index (χ1) is 8.61. The molecule has 0 aromatic heterocycles. The highest BCUT2D eigenvalue weighted by Gasteiger charge is 2.67. The van der Waals surface area contributed by atoms with E-state index in [9.17, 15) is 9.59 Å². The third-order valence-electron chi connectivity index (χ3n) is 5.33. The van der Waals surface area contributed by atoms with Crippen molar-refractivity contribution < 1.29 is 14.3 Å². The van der Waals surface area contributed by atoms with Gasteiger partial charge in [0.05, 0.1) is 5.41 Å². The summed E-state index contributed by atoms with van der Waals surface area (Å²) >= 11 is 0. The zero-order valence-corrected chi connectivity index (χ0v) is 10.9. The smallest absolute Gasteiger partial charge is 0.325 e. The number of carbonyl (C=O) groups is 2. The van der Waals surface area contributed by atoms with Crippen LogP contribution in [-0.4, -0.2) is 11.9 Å². The van der Waals surface area contributed by atoms with Crippen LogP contribution in [-0.2, 0) is 14.3 Å². The Kier molecular flexibility index (Phi) is 2.61. The maximum absolute atomic E-state index is 12.4. The molecule has 1 saturated heterocycles. The summed E-state index contributed by atoms with van der Waals surface area (Å²) < 4.78 is 5.04. The average Bonchev–Trinajstić information content (AvgIpc) is 2.59. The minimum absolute atomic E-state index is 0.284. The van der Waals surface area contributed by atoms with E-state index in [4.69, 9.17) is 4.74 Å². The number of hydrogen-bond donors (Lipinski definition) is 0.